The van der Waals surface area contributed by atoms with Gasteiger partial charge in [-0.1, -0.05) is 24.3 Å². The summed E-state index contributed by atoms with van der Waals surface area (Å²) in [6, 6.07) is 16.7. The average Bonchev–Trinajstić information content (AvgIpc) is 2.82. The summed E-state index contributed by atoms with van der Waals surface area (Å²) in [4.78, 5) is 8.68. The number of aliphatic imine (C=N–C) groups is 1. The maximum atomic E-state index is 14.9. The molecule has 3 aromatic rings. The van der Waals surface area contributed by atoms with Crippen LogP contribution in [0.3, 0.4) is 0 Å². The summed E-state index contributed by atoms with van der Waals surface area (Å²) in [5.74, 6) is 0.181. The van der Waals surface area contributed by atoms with Crippen LogP contribution in [0.25, 0.3) is 11.3 Å². The zero-order valence-electron chi connectivity index (χ0n) is 18.8. The number of nitrogens with one attached hydrogen (secondary N) is 2. The zero-order chi connectivity index (χ0) is 23.9. The average molecular weight is 462 g/mol. The van der Waals surface area contributed by atoms with Gasteiger partial charge in [-0.05, 0) is 42.8 Å². The molecule has 1 aliphatic rings. The second-order valence-corrected chi connectivity index (χ2v) is 8.04. The summed E-state index contributed by atoms with van der Waals surface area (Å²) in [7, 11) is 1.70. The number of hydrogen-bond donors (Lipinski definition) is 2. The van der Waals surface area contributed by atoms with Crippen molar-refractivity contribution in [3.05, 3.63) is 82.9 Å². The van der Waals surface area contributed by atoms with Crippen molar-refractivity contribution in [2.24, 2.45) is 4.99 Å². The van der Waals surface area contributed by atoms with Gasteiger partial charge in [-0.25, -0.2) is 13.8 Å². The van der Waals surface area contributed by atoms with Crippen LogP contribution in [0.15, 0.2) is 59.6 Å². The Kier molecular flexibility index (Phi) is 7.45. The first-order valence-corrected chi connectivity index (χ1v) is 11.1. The third-order valence-corrected chi connectivity index (χ3v) is 5.74. The van der Waals surface area contributed by atoms with Crippen molar-refractivity contribution in [3.8, 4) is 23.2 Å². The maximum Gasteiger partial charge on any atom is 0.214 e. The number of pyridine rings is 1. The lowest BCUT2D eigenvalue weighted by Gasteiger charge is -2.28. The highest BCUT2D eigenvalue weighted by molar-refractivity contribution is 5.84. The van der Waals surface area contributed by atoms with Crippen molar-refractivity contribution in [2.45, 2.75) is 25.5 Å². The van der Waals surface area contributed by atoms with E-state index in [-0.39, 0.29) is 18.0 Å². The summed E-state index contributed by atoms with van der Waals surface area (Å²) in [6.07, 6.45) is 1.51. The normalized spacial score (nSPS) is 15.4. The van der Waals surface area contributed by atoms with Gasteiger partial charge in [-0.3, -0.25) is 4.99 Å². The molecule has 0 bridgehead atoms. The maximum absolute atomic E-state index is 14.9. The number of benzene rings is 2. The number of ether oxygens (including phenoxy) is 1. The molecule has 2 heterocycles. The predicted octanol–water partition coefficient (Wildman–Crippen LogP) is 4.00. The van der Waals surface area contributed by atoms with Gasteiger partial charge in [0, 0.05) is 43.2 Å². The molecule has 174 valence electrons. The van der Waals surface area contributed by atoms with Crippen molar-refractivity contribution in [1.82, 2.24) is 15.6 Å². The zero-order valence-corrected chi connectivity index (χ0v) is 18.8. The standard InChI is InChI=1S/C26H25F2N5O/c1-30-25(32-15-21-9-10-31-21)13-18-7-8-19(12-23(18)28)24-3-2-4-26(33-24)34-16-20-6-5-17(14-29)11-22(20)27/h2-8,11-12,21,31H,9-10,13,15-16H2,1H3,(H,30,32)/t21-/m1/s1. The van der Waals surface area contributed by atoms with Gasteiger partial charge in [-0.2, -0.15) is 5.26 Å². The molecule has 1 fully saturated rings. The smallest absolute Gasteiger partial charge is 0.214 e. The third-order valence-electron chi connectivity index (χ3n) is 5.74. The molecule has 1 atom stereocenters. The molecule has 0 amide bonds. The predicted molar refractivity (Wildman–Crippen MR) is 127 cm³/mol. The van der Waals surface area contributed by atoms with Crippen molar-refractivity contribution in [3.63, 3.8) is 0 Å². The molecule has 2 N–H and O–H groups in total. The highest BCUT2D eigenvalue weighted by Gasteiger charge is 2.17. The van der Waals surface area contributed by atoms with E-state index in [2.05, 4.69) is 20.6 Å². The van der Waals surface area contributed by atoms with Gasteiger partial charge in [0.2, 0.25) is 5.88 Å². The number of rotatable bonds is 8. The number of aromatic nitrogens is 1. The van der Waals surface area contributed by atoms with Gasteiger partial charge in [0.05, 0.1) is 17.3 Å². The Hall–Kier alpha value is -3.83. The van der Waals surface area contributed by atoms with Gasteiger partial charge < -0.3 is 15.4 Å². The van der Waals surface area contributed by atoms with Gasteiger partial charge in [0.25, 0.3) is 0 Å². The van der Waals surface area contributed by atoms with Crippen molar-refractivity contribution < 1.29 is 13.5 Å². The van der Waals surface area contributed by atoms with Crippen LogP contribution in [-0.4, -0.2) is 37.0 Å². The van der Waals surface area contributed by atoms with Crippen molar-refractivity contribution in [2.75, 3.05) is 20.1 Å². The summed E-state index contributed by atoms with van der Waals surface area (Å²) >= 11 is 0. The van der Waals surface area contributed by atoms with Crippen LogP contribution in [0.4, 0.5) is 8.78 Å². The molecular formula is C26H25F2N5O. The fourth-order valence-electron chi connectivity index (χ4n) is 3.56. The lowest BCUT2D eigenvalue weighted by Crippen LogP contribution is -2.50. The molecule has 8 heteroatoms. The summed E-state index contributed by atoms with van der Waals surface area (Å²) in [6.45, 7) is 1.77. The Morgan fingerprint density at radius 2 is 1.97 bits per heavy atom. The van der Waals surface area contributed by atoms with Crippen LogP contribution < -0.4 is 15.4 Å². The summed E-state index contributed by atoms with van der Waals surface area (Å²) in [5.41, 5.74) is 2.26. The summed E-state index contributed by atoms with van der Waals surface area (Å²) < 4.78 is 34.6. The molecule has 0 spiro atoms. The van der Waals surface area contributed by atoms with Gasteiger partial charge in [0.1, 0.15) is 24.1 Å². The van der Waals surface area contributed by atoms with Crippen molar-refractivity contribution >= 4 is 5.84 Å². The number of halogens is 2. The monoisotopic (exact) mass is 461 g/mol. The Labute approximate surface area is 197 Å². The van der Waals surface area contributed by atoms with Gasteiger partial charge in [0.15, 0.2) is 0 Å². The molecule has 4 rings (SSSR count). The minimum absolute atomic E-state index is 0.0379. The second-order valence-electron chi connectivity index (χ2n) is 8.04. The largest absolute Gasteiger partial charge is 0.473 e. The van der Waals surface area contributed by atoms with Crippen LogP contribution in [0.5, 0.6) is 5.88 Å². The highest BCUT2D eigenvalue weighted by atomic mass is 19.1. The van der Waals surface area contributed by atoms with Crippen molar-refractivity contribution in [1.29, 1.82) is 5.26 Å². The molecule has 34 heavy (non-hydrogen) atoms. The molecule has 1 aliphatic heterocycles. The van der Waals surface area contributed by atoms with E-state index in [0.717, 1.165) is 25.3 Å². The van der Waals surface area contributed by atoms with Gasteiger partial charge >= 0.3 is 0 Å². The Morgan fingerprint density at radius 3 is 2.65 bits per heavy atom. The minimum atomic E-state index is -0.513. The van der Waals surface area contributed by atoms with Crippen LogP contribution in [0.2, 0.25) is 0 Å². The molecule has 2 aromatic carbocycles. The first-order valence-electron chi connectivity index (χ1n) is 11.1. The molecule has 0 aliphatic carbocycles. The van der Waals surface area contributed by atoms with E-state index in [0.29, 0.717) is 40.7 Å². The van der Waals surface area contributed by atoms with Crippen LogP contribution in [0, 0.1) is 23.0 Å². The lowest BCUT2D eigenvalue weighted by atomic mass is 10.0. The number of nitriles is 1. The molecule has 6 nitrogen and oxygen atoms in total. The topological polar surface area (TPSA) is 82.3 Å². The van der Waals surface area contributed by atoms with E-state index < -0.39 is 5.82 Å². The number of nitrogens with zero attached hydrogens (tertiary/aromatic N) is 3. The fraction of sp³-hybridized carbons (Fsp3) is 0.269. The third kappa shape index (κ3) is 5.74. The van der Waals surface area contributed by atoms with E-state index in [9.17, 15) is 8.78 Å². The molecule has 0 radical (unpaired) electrons. The Morgan fingerprint density at radius 1 is 1.18 bits per heavy atom. The number of hydrogen-bond acceptors (Lipinski definition) is 5. The van der Waals surface area contributed by atoms with E-state index in [1.54, 1.807) is 31.3 Å². The van der Waals surface area contributed by atoms with E-state index in [1.165, 1.54) is 24.3 Å². The van der Waals surface area contributed by atoms with Crippen LogP contribution in [0.1, 0.15) is 23.1 Å². The lowest BCUT2D eigenvalue weighted by molar-refractivity contribution is 0.288. The van der Waals surface area contributed by atoms with E-state index in [4.69, 9.17) is 10.00 Å². The first-order chi connectivity index (χ1) is 16.6. The molecule has 1 saturated heterocycles. The molecule has 0 unspecified atom stereocenters. The second kappa shape index (κ2) is 10.9. The SMILES string of the molecule is C/N=C(/Cc1ccc(-c2cccc(OCc3ccc(C#N)cc3F)n2)cc1F)NC[C@H]1CCN1. The molecular weight excluding hydrogens is 436 g/mol. The minimum Gasteiger partial charge on any atom is -0.473 e. The van der Waals surface area contributed by atoms with Gasteiger partial charge in [-0.15, -0.1) is 0 Å². The fourth-order valence-corrected chi connectivity index (χ4v) is 3.56. The Bertz CT molecular complexity index is 1230. The highest BCUT2D eigenvalue weighted by Crippen LogP contribution is 2.23. The first kappa shape index (κ1) is 23.3. The van der Waals surface area contributed by atoms with Crippen LogP contribution in [-0.2, 0) is 13.0 Å². The molecule has 0 saturated carbocycles. The van der Waals surface area contributed by atoms with Crippen LogP contribution >= 0.6 is 0 Å². The van der Waals surface area contributed by atoms with E-state index in [1.807, 2.05) is 12.1 Å². The summed E-state index contributed by atoms with van der Waals surface area (Å²) in [5, 5.41) is 15.5. The quantitative estimate of drug-likeness (QED) is 0.391. The Balaban J connectivity index is 1.41. The number of amidine groups is 1. The van der Waals surface area contributed by atoms with E-state index >= 15 is 0 Å². The molecule has 1 aromatic heterocycles.